The van der Waals surface area contributed by atoms with Gasteiger partial charge < -0.3 is 9.64 Å². The molecule has 1 aliphatic heterocycles. The number of likely N-dealkylation sites (tertiary alicyclic amines) is 1. The molecule has 1 amide bonds. The van der Waals surface area contributed by atoms with E-state index in [0.29, 0.717) is 0 Å². The van der Waals surface area contributed by atoms with Crippen LogP contribution in [0.1, 0.15) is 28.2 Å². The Morgan fingerprint density at radius 2 is 1.92 bits per heavy atom. The first-order valence-corrected chi connectivity index (χ1v) is 8.91. The minimum absolute atomic E-state index is 0.145. The van der Waals surface area contributed by atoms with E-state index in [-0.39, 0.29) is 5.91 Å². The summed E-state index contributed by atoms with van der Waals surface area (Å²) in [6, 6.07) is 7.85. The molecule has 24 heavy (non-hydrogen) atoms. The van der Waals surface area contributed by atoms with Crippen LogP contribution in [0.5, 0.6) is 5.75 Å². The Balaban J connectivity index is 1.68. The van der Waals surface area contributed by atoms with Crippen molar-refractivity contribution in [1.29, 1.82) is 0 Å². The highest BCUT2D eigenvalue weighted by Crippen LogP contribution is 2.29. The Kier molecular flexibility index (Phi) is 3.76. The van der Waals surface area contributed by atoms with Gasteiger partial charge in [0, 0.05) is 30.5 Å². The highest BCUT2D eigenvalue weighted by atomic mass is 32.1. The number of benzene rings is 1. The standard InChI is InChI=1S/C18H19N3O2S/c1-12-16(17(22)20-9-3-4-10-20)24-18-19-15(11-21(12)18)13-5-7-14(23-2)8-6-13/h5-8,11H,3-4,9-10H2,1-2H3. The van der Waals surface area contributed by atoms with Crippen LogP contribution in [0.4, 0.5) is 0 Å². The van der Waals surface area contributed by atoms with Crippen LogP contribution in [0.15, 0.2) is 30.5 Å². The van der Waals surface area contributed by atoms with Crippen molar-refractivity contribution < 1.29 is 9.53 Å². The van der Waals surface area contributed by atoms with Crippen LogP contribution in [0.25, 0.3) is 16.2 Å². The zero-order chi connectivity index (χ0) is 16.7. The number of carbonyl (C=O) groups is 1. The lowest BCUT2D eigenvalue weighted by Crippen LogP contribution is -2.27. The Bertz CT molecular complexity index is 889. The van der Waals surface area contributed by atoms with Gasteiger partial charge in [-0.3, -0.25) is 9.20 Å². The fourth-order valence-electron chi connectivity index (χ4n) is 3.11. The van der Waals surface area contributed by atoms with Gasteiger partial charge >= 0.3 is 0 Å². The van der Waals surface area contributed by atoms with Gasteiger partial charge in [-0.1, -0.05) is 11.3 Å². The van der Waals surface area contributed by atoms with Crippen LogP contribution in [0, 0.1) is 6.92 Å². The van der Waals surface area contributed by atoms with Gasteiger partial charge in [-0.2, -0.15) is 0 Å². The fourth-order valence-corrected chi connectivity index (χ4v) is 4.19. The van der Waals surface area contributed by atoms with Crippen LogP contribution < -0.4 is 4.74 Å². The lowest BCUT2D eigenvalue weighted by atomic mass is 10.2. The molecule has 1 fully saturated rings. The summed E-state index contributed by atoms with van der Waals surface area (Å²) in [5.41, 5.74) is 2.92. The molecule has 1 aliphatic rings. The summed E-state index contributed by atoms with van der Waals surface area (Å²) in [5, 5.41) is 0. The number of thiazole rings is 1. The average Bonchev–Trinajstić information content (AvgIpc) is 3.32. The molecule has 0 saturated carbocycles. The molecular formula is C18H19N3O2S. The van der Waals surface area contributed by atoms with Gasteiger partial charge in [-0.25, -0.2) is 4.98 Å². The van der Waals surface area contributed by atoms with E-state index in [2.05, 4.69) is 0 Å². The topological polar surface area (TPSA) is 46.8 Å². The molecule has 3 aromatic rings. The van der Waals surface area contributed by atoms with Crippen LogP contribution in [0.3, 0.4) is 0 Å². The van der Waals surface area contributed by atoms with Gasteiger partial charge in [0.05, 0.1) is 12.8 Å². The Morgan fingerprint density at radius 3 is 2.54 bits per heavy atom. The molecule has 3 heterocycles. The number of nitrogens with zero attached hydrogens (tertiary/aromatic N) is 3. The van der Waals surface area contributed by atoms with Crippen molar-refractivity contribution in [1.82, 2.24) is 14.3 Å². The molecular weight excluding hydrogens is 322 g/mol. The lowest BCUT2D eigenvalue weighted by molar-refractivity contribution is 0.0796. The number of aromatic nitrogens is 2. The summed E-state index contributed by atoms with van der Waals surface area (Å²) >= 11 is 1.48. The molecule has 0 bridgehead atoms. The number of aryl methyl sites for hydroxylation is 1. The first-order valence-electron chi connectivity index (χ1n) is 8.09. The summed E-state index contributed by atoms with van der Waals surface area (Å²) in [6.45, 7) is 3.73. The van der Waals surface area contributed by atoms with Crippen molar-refractivity contribution in [3.63, 3.8) is 0 Å². The maximum absolute atomic E-state index is 12.6. The molecule has 124 valence electrons. The molecule has 6 heteroatoms. The number of amides is 1. The molecule has 0 N–H and O–H groups in total. The SMILES string of the molecule is COc1ccc(-c2cn3c(C)c(C(=O)N4CCCC4)sc3n2)cc1. The first-order chi connectivity index (χ1) is 11.7. The predicted octanol–water partition coefficient (Wildman–Crippen LogP) is 3.62. The van der Waals surface area contributed by atoms with Crippen molar-refractivity contribution in [3.05, 3.63) is 41.0 Å². The number of ether oxygens (including phenoxy) is 1. The van der Waals surface area contributed by atoms with Gasteiger partial charge in [0.25, 0.3) is 5.91 Å². The van der Waals surface area contributed by atoms with E-state index in [1.165, 1.54) is 11.3 Å². The first kappa shape index (κ1) is 15.2. The minimum atomic E-state index is 0.145. The average molecular weight is 341 g/mol. The highest BCUT2D eigenvalue weighted by molar-refractivity contribution is 7.19. The molecule has 0 radical (unpaired) electrons. The number of imidazole rings is 1. The van der Waals surface area contributed by atoms with E-state index in [0.717, 1.165) is 58.5 Å². The molecule has 0 aliphatic carbocycles. The highest BCUT2D eigenvalue weighted by Gasteiger charge is 2.24. The number of hydrogen-bond acceptors (Lipinski definition) is 4. The second kappa shape index (κ2) is 5.94. The van der Waals surface area contributed by atoms with Crippen molar-refractivity contribution in [2.75, 3.05) is 20.2 Å². The summed E-state index contributed by atoms with van der Waals surface area (Å²) in [6.07, 6.45) is 4.22. The molecule has 0 spiro atoms. The molecule has 5 nitrogen and oxygen atoms in total. The molecule has 0 unspecified atom stereocenters. The zero-order valence-corrected chi connectivity index (χ0v) is 14.6. The molecule has 4 rings (SSSR count). The van der Waals surface area contributed by atoms with E-state index < -0.39 is 0 Å². The van der Waals surface area contributed by atoms with Crippen LogP contribution in [-0.2, 0) is 0 Å². The van der Waals surface area contributed by atoms with E-state index in [1.54, 1.807) is 7.11 Å². The largest absolute Gasteiger partial charge is 0.497 e. The Labute approximate surface area is 144 Å². The smallest absolute Gasteiger partial charge is 0.265 e. The van der Waals surface area contributed by atoms with Crippen molar-refractivity contribution in [3.8, 4) is 17.0 Å². The molecule has 1 aromatic carbocycles. The van der Waals surface area contributed by atoms with E-state index >= 15 is 0 Å². The maximum atomic E-state index is 12.6. The van der Waals surface area contributed by atoms with Crippen molar-refractivity contribution in [2.24, 2.45) is 0 Å². The van der Waals surface area contributed by atoms with Gasteiger partial charge in [0.15, 0.2) is 4.96 Å². The zero-order valence-electron chi connectivity index (χ0n) is 13.8. The summed E-state index contributed by atoms with van der Waals surface area (Å²) in [5.74, 6) is 0.973. The third-order valence-corrected chi connectivity index (χ3v) is 5.67. The Morgan fingerprint density at radius 1 is 1.21 bits per heavy atom. The second-order valence-electron chi connectivity index (χ2n) is 6.02. The minimum Gasteiger partial charge on any atom is -0.497 e. The summed E-state index contributed by atoms with van der Waals surface area (Å²) in [4.78, 5) is 21.0. The second-order valence-corrected chi connectivity index (χ2v) is 7.00. The van der Waals surface area contributed by atoms with E-state index in [4.69, 9.17) is 9.72 Å². The lowest BCUT2D eigenvalue weighted by Gasteiger charge is -2.14. The van der Waals surface area contributed by atoms with Crippen LogP contribution >= 0.6 is 11.3 Å². The van der Waals surface area contributed by atoms with Crippen molar-refractivity contribution >= 4 is 22.2 Å². The summed E-state index contributed by atoms with van der Waals surface area (Å²) in [7, 11) is 1.66. The van der Waals surface area contributed by atoms with Crippen LogP contribution in [0.2, 0.25) is 0 Å². The summed E-state index contributed by atoms with van der Waals surface area (Å²) < 4.78 is 7.21. The number of rotatable bonds is 3. The number of hydrogen-bond donors (Lipinski definition) is 0. The third kappa shape index (κ3) is 2.47. The number of methoxy groups -OCH3 is 1. The quantitative estimate of drug-likeness (QED) is 0.731. The van der Waals surface area contributed by atoms with Crippen LogP contribution in [-0.4, -0.2) is 40.4 Å². The molecule has 0 atom stereocenters. The van der Waals surface area contributed by atoms with Crippen molar-refractivity contribution in [2.45, 2.75) is 19.8 Å². The normalized spacial score (nSPS) is 14.5. The molecule has 2 aromatic heterocycles. The van der Waals surface area contributed by atoms with Gasteiger partial charge in [-0.05, 0) is 44.0 Å². The van der Waals surface area contributed by atoms with Gasteiger partial charge in [0.1, 0.15) is 10.6 Å². The fraction of sp³-hybridized carbons (Fsp3) is 0.333. The monoisotopic (exact) mass is 341 g/mol. The van der Waals surface area contributed by atoms with Gasteiger partial charge in [0.2, 0.25) is 0 Å². The maximum Gasteiger partial charge on any atom is 0.265 e. The molecule has 1 saturated heterocycles. The predicted molar refractivity (Wildman–Crippen MR) is 94.9 cm³/mol. The van der Waals surface area contributed by atoms with E-state index in [9.17, 15) is 4.79 Å². The van der Waals surface area contributed by atoms with Gasteiger partial charge in [-0.15, -0.1) is 0 Å². The third-order valence-electron chi connectivity index (χ3n) is 4.53. The number of carbonyl (C=O) groups excluding carboxylic acids is 1. The Hall–Kier alpha value is -2.34. The van der Waals surface area contributed by atoms with E-state index in [1.807, 2.05) is 46.7 Å². The number of fused-ring (bicyclic) bond motifs is 1.